The molecule has 0 heterocycles. The summed E-state index contributed by atoms with van der Waals surface area (Å²) in [6.07, 6.45) is 3.63. The first-order valence-electron chi connectivity index (χ1n) is 7.29. The minimum atomic E-state index is -0.249. The van der Waals surface area contributed by atoms with Gasteiger partial charge in [0, 0.05) is 25.6 Å². The van der Waals surface area contributed by atoms with Crippen molar-refractivity contribution in [1.29, 1.82) is 0 Å². The van der Waals surface area contributed by atoms with Crippen molar-refractivity contribution in [2.75, 3.05) is 13.1 Å². The Morgan fingerprint density at radius 3 is 2.42 bits per heavy atom. The molecule has 2 amide bonds. The van der Waals surface area contributed by atoms with Gasteiger partial charge in [0.15, 0.2) is 0 Å². The fraction of sp³-hybridized carbons (Fsp3) is 0.857. The first-order chi connectivity index (χ1) is 8.99. The van der Waals surface area contributed by atoms with E-state index in [4.69, 9.17) is 0 Å². The molecule has 0 saturated heterocycles. The van der Waals surface area contributed by atoms with E-state index in [2.05, 4.69) is 29.8 Å². The van der Waals surface area contributed by atoms with Gasteiger partial charge in [-0.25, -0.2) is 0 Å². The molecular formula is C14H27N3O2. The van der Waals surface area contributed by atoms with E-state index < -0.39 is 0 Å². The molecule has 1 rings (SSSR count). The minimum Gasteiger partial charge on any atom is -0.355 e. The summed E-state index contributed by atoms with van der Waals surface area (Å²) in [4.78, 5) is 23.2. The highest BCUT2D eigenvalue weighted by Crippen LogP contribution is 2.18. The normalized spacial score (nSPS) is 16.2. The molecule has 1 fully saturated rings. The maximum Gasteiger partial charge on any atom is 0.236 e. The summed E-state index contributed by atoms with van der Waals surface area (Å²) in [5, 5.41) is 8.89. The van der Waals surface area contributed by atoms with Crippen LogP contribution in [0, 0.1) is 5.92 Å². The number of amides is 2. The molecule has 19 heavy (non-hydrogen) atoms. The number of rotatable bonds is 9. The lowest BCUT2D eigenvalue weighted by Crippen LogP contribution is -2.43. The standard InChI is InChI=1S/C14H27N3O2/c1-10(2)6-8-16-14(19)11(3)15-9-7-13(18)17-12-4-5-12/h10-12,15H,4-9H2,1-3H3,(H,16,19)(H,17,18). The summed E-state index contributed by atoms with van der Waals surface area (Å²) in [6.45, 7) is 7.34. The van der Waals surface area contributed by atoms with Crippen LogP contribution in [0.25, 0.3) is 0 Å². The highest BCUT2D eigenvalue weighted by Gasteiger charge is 2.22. The van der Waals surface area contributed by atoms with Crippen LogP contribution in [0.4, 0.5) is 0 Å². The van der Waals surface area contributed by atoms with E-state index in [1.807, 2.05) is 6.92 Å². The predicted molar refractivity (Wildman–Crippen MR) is 75.7 cm³/mol. The second kappa shape index (κ2) is 8.15. The highest BCUT2D eigenvalue weighted by molar-refractivity contribution is 5.81. The SMILES string of the molecule is CC(C)CCNC(=O)C(C)NCCC(=O)NC1CC1. The van der Waals surface area contributed by atoms with Gasteiger partial charge >= 0.3 is 0 Å². The van der Waals surface area contributed by atoms with E-state index in [0.29, 0.717) is 31.5 Å². The summed E-state index contributed by atoms with van der Waals surface area (Å²) in [5.74, 6) is 0.667. The molecule has 0 aromatic heterocycles. The topological polar surface area (TPSA) is 70.2 Å². The minimum absolute atomic E-state index is 0.00301. The fourth-order valence-corrected chi connectivity index (χ4v) is 1.66. The monoisotopic (exact) mass is 269 g/mol. The van der Waals surface area contributed by atoms with Crippen molar-refractivity contribution >= 4 is 11.8 Å². The third-order valence-electron chi connectivity index (χ3n) is 3.16. The van der Waals surface area contributed by atoms with Crippen molar-refractivity contribution < 1.29 is 9.59 Å². The molecule has 1 saturated carbocycles. The van der Waals surface area contributed by atoms with Crippen LogP contribution in [-0.4, -0.2) is 37.0 Å². The third kappa shape index (κ3) is 7.82. The van der Waals surface area contributed by atoms with Gasteiger partial charge in [-0.2, -0.15) is 0 Å². The molecule has 110 valence electrons. The molecule has 3 N–H and O–H groups in total. The predicted octanol–water partition coefficient (Wildman–Crippen LogP) is 0.796. The largest absolute Gasteiger partial charge is 0.355 e. The zero-order valence-electron chi connectivity index (χ0n) is 12.3. The molecule has 1 aliphatic rings. The Morgan fingerprint density at radius 2 is 1.84 bits per heavy atom. The average Bonchev–Trinajstić information content (AvgIpc) is 3.12. The van der Waals surface area contributed by atoms with Crippen molar-refractivity contribution in [1.82, 2.24) is 16.0 Å². The number of nitrogens with one attached hydrogen (secondary N) is 3. The second-order valence-electron chi connectivity index (χ2n) is 5.74. The Hall–Kier alpha value is -1.10. The van der Waals surface area contributed by atoms with Crippen LogP contribution in [0.5, 0.6) is 0 Å². The first-order valence-corrected chi connectivity index (χ1v) is 7.29. The van der Waals surface area contributed by atoms with Crippen LogP contribution in [0.15, 0.2) is 0 Å². The zero-order valence-corrected chi connectivity index (χ0v) is 12.3. The van der Waals surface area contributed by atoms with E-state index >= 15 is 0 Å². The van der Waals surface area contributed by atoms with Gasteiger partial charge in [0.2, 0.25) is 11.8 Å². The lowest BCUT2D eigenvalue weighted by atomic mass is 10.1. The number of hydrogen-bond donors (Lipinski definition) is 3. The maximum absolute atomic E-state index is 11.7. The summed E-state index contributed by atoms with van der Waals surface area (Å²) in [5.41, 5.74) is 0. The third-order valence-corrected chi connectivity index (χ3v) is 3.16. The van der Waals surface area contributed by atoms with Crippen molar-refractivity contribution in [2.24, 2.45) is 5.92 Å². The van der Waals surface area contributed by atoms with Crippen molar-refractivity contribution in [3.8, 4) is 0 Å². The molecule has 5 heteroatoms. The Balaban J connectivity index is 2.03. The molecule has 5 nitrogen and oxygen atoms in total. The average molecular weight is 269 g/mol. The van der Waals surface area contributed by atoms with Crippen LogP contribution >= 0.6 is 0 Å². The van der Waals surface area contributed by atoms with E-state index in [1.165, 1.54) is 0 Å². The fourth-order valence-electron chi connectivity index (χ4n) is 1.66. The van der Waals surface area contributed by atoms with Gasteiger partial charge in [-0.15, -0.1) is 0 Å². The Bertz CT molecular complexity index is 301. The van der Waals surface area contributed by atoms with E-state index in [-0.39, 0.29) is 17.9 Å². The van der Waals surface area contributed by atoms with Gasteiger partial charge < -0.3 is 16.0 Å². The summed E-state index contributed by atoms with van der Waals surface area (Å²) in [7, 11) is 0. The van der Waals surface area contributed by atoms with Crippen molar-refractivity contribution in [2.45, 2.75) is 58.5 Å². The Kier molecular flexibility index (Phi) is 6.84. The van der Waals surface area contributed by atoms with Crippen LogP contribution in [0.2, 0.25) is 0 Å². The molecular weight excluding hydrogens is 242 g/mol. The highest BCUT2D eigenvalue weighted by atomic mass is 16.2. The number of carbonyl (C=O) groups is 2. The molecule has 1 unspecified atom stereocenters. The van der Waals surface area contributed by atoms with Crippen LogP contribution < -0.4 is 16.0 Å². The van der Waals surface area contributed by atoms with Crippen molar-refractivity contribution in [3.63, 3.8) is 0 Å². The smallest absolute Gasteiger partial charge is 0.236 e. The zero-order chi connectivity index (χ0) is 14.3. The van der Waals surface area contributed by atoms with Crippen molar-refractivity contribution in [3.05, 3.63) is 0 Å². The van der Waals surface area contributed by atoms with Gasteiger partial charge in [0.25, 0.3) is 0 Å². The second-order valence-corrected chi connectivity index (χ2v) is 5.74. The molecule has 0 spiro atoms. The molecule has 0 aromatic rings. The molecule has 0 aromatic carbocycles. The summed E-state index contributed by atoms with van der Waals surface area (Å²) < 4.78 is 0. The summed E-state index contributed by atoms with van der Waals surface area (Å²) >= 11 is 0. The van der Waals surface area contributed by atoms with E-state index in [0.717, 1.165) is 19.3 Å². The lowest BCUT2D eigenvalue weighted by Gasteiger charge is -2.14. The van der Waals surface area contributed by atoms with Crippen LogP contribution in [0.1, 0.15) is 46.5 Å². The van der Waals surface area contributed by atoms with Gasteiger partial charge in [0.1, 0.15) is 0 Å². The quantitative estimate of drug-likeness (QED) is 0.580. The van der Waals surface area contributed by atoms with Gasteiger partial charge in [-0.3, -0.25) is 9.59 Å². The molecule has 0 aliphatic heterocycles. The van der Waals surface area contributed by atoms with Gasteiger partial charge in [-0.05, 0) is 32.1 Å². The number of carbonyl (C=O) groups excluding carboxylic acids is 2. The Morgan fingerprint density at radius 1 is 1.16 bits per heavy atom. The number of hydrogen-bond acceptors (Lipinski definition) is 3. The lowest BCUT2D eigenvalue weighted by molar-refractivity contribution is -0.124. The maximum atomic E-state index is 11.7. The van der Waals surface area contributed by atoms with Crippen LogP contribution in [-0.2, 0) is 9.59 Å². The molecule has 1 aliphatic carbocycles. The first kappa shape index (κ1) is 16.0. The molecule has 0 bridgehead atoms. The van der Waals surface area contributed by atoms with E-state index in [9.17, 15) is 9.59 Å². The van der Waals surface area contributed by atoms with E-state index in [1.54, 1.807) is 0 Å². The summed E-state index contributed by atoms with van der Waals surface area (Å²) in [6, 6.07) is 0.158. The molecule has 1 atom stereocenters. The van der Waals surface area contributed by atoms with Gasteiger partial charge in [-0.1, -0.05) is 13.8 Å². The van der Waals surface area contributed by atoms with Gasteiger partial charge in [0.05, 0.1) is 6.04 Å². The van der Waals surface area contributed by atoms with Crippen LogP contribution in [0.3, 0.4) is 0 Å². The molecule has 0 radical (unpaired) electrons. The Labute approximate surface area is 115 Å².